The fourth-order valence-corrected chi connectivity index (χ4v) is 2.35. The molecule has 3 N–H and O–H groups in total. The van der Waals surface area contributed by atoms with Crippen molar-refractivity contribution in [2.24, 2.45) is 4.99 Å². The van der Waals surface area contributed by atoms with Gasteiger partial charge in [0.15, 0.2) is 5.96 Å². The summed E-state index contributed by atoms with van der Waals surface area (Å²) in [5.74, 6) is 1.46. The number of nitrogens with zero attached hydrogens (tertiary/aromatic N) is 2. The third kappa shape index (κ3) is 7.29. The minimum atomic E-state index is -0.398. The fourth-order valence-electron chi connectivity index (χ4n) is 2.35. The predicted octanol–water partition coefficient (Wildman–Crippen LogP) is 3.00. The van der Waals surface area contributed by atoms with Gasteiger partial charge in [0.2, 0.25) is 0 Å². The summed E-state index contributed by atoms with van der Waals surface area (Å²) in [7, 11) is 3.33. The van der Waals surface area contributed by atoms with Gasteiger partial charge in [-0.15, -0.1) is 24.0 Å². The third-order valence-corrected chi connectivity index (χ3v) is 3.65. The molecule has 0 aliphatic carbocycles. The Kier molecular flexibility index (Phi) is 9.94. The van der Waals surface area contributed by atoms with Gasteiger partial charge in [-0.1, -0.05) is 24.3 Å². The van der Waals surface area contributed by atoms with Crippen LogP contribution in [0.2, 0.25) is 0 Å². The largest absolute Gasteiger partial charge is 0.497 e. The molecule has 0 aliphatic heterocycles. The lowest BCUT2D eigenvalue weighted by molar-refractivity contribution is -0.384. The Morgan fingerprint density at radius 2 is 1.93 bits per heavy atom. The van der Waals surface area contributed by atoms with E-state index in [0.717, 1.165) is 11.3 Å². The van der Waals surface area contributed by atoms with Gasteiger partial charge < -0.3 is 20.7 Å². The first kappa shape index (κ1) is 22.5. The van der Waals surface area contributed by atoms with Crippen molar-refractivity contribution >= 4 is 41.3 Å². The molecule has 0 radical (unpaired) electrons. The van der Waals surface area contributed by atoms with Crippen LogP contribution in [0.15, 0.2) is 53.5 Å². The monoisotopic (exact) mass is 485 g/mol. The molecule has 0 unspecified atom stereocenters. The van der Waals surface area contributed by atoms with Gasteiger partial charge in [-0.2, -0.15) is 0 Å². The van der Waals surface area contributed by atoms with E-state index in [9.17, 15) is 10.1 Å². The second-order valence-electron chi connectivity index (χ2n) is 5.41. The maximum absolute atomic E-state index is 11.0. The molecule has 0 aliphatic rings. The van der Waals surface area contributed by atoms with Gasteiger partial charge in [-0.05, 0) is 23.8 Å². The van der Waals surface area contributed by atoms with E-state index in [2.05, 4.69) is 20.9 Å². The molecule has 0 heterocycles. The van der Waals surface area contributed by atoms with Gasteiger partial charge in [0, 0.05) is 32.7 Å². The quantitative estimate of drug-likeness (QED) is 0.133. The van der Waals surface area contributed by atoms with Crippen molar-refractivity contribution in [2.75, 3.05) is 32.6 Å². The predicted molar refractivity (Wildman–Crippen MR) is 118 cm³/mol. The second-order valence-corrected chi connectivity index (χ2v) is 5.41. The van der Waals surface area contributed by atoms with Gasteiger partial charge in [0.1, 0.15) is 11.4 Å². The number of ether oxygens (including phenoxy) is 1. The highest BCUT2D eigenvalue weighted by atomic mass is 127. The summed E-state index contributed by atoms with van der Waals surface area (Å²) < 4.78 is 5.21. The van der Waals surface area contributed by atoms with Crippen molar-refractivity contribution in [2.45, 2.75) is 6.54 Å². The molecule has 27 heavy (non-hydrogen) atoms. The molecule has 0 atom stereocenters. The third-order valence-electron chi connectivity index (χ3n) is 3.65. The summed E-state index contributed by atoms with van der Waals surface area (Å²) in [5, 5.41) is 20.4. The highest BCUT2D eigenvalue weighted by molar-refractivity contribution is 14.0. The highest BCUT2D eigenvalue weighted by Gasteiger charge is 2.11. The standard InChI is InChI=1S/C18H23N5O3.HI/c1-19-18(22-13-14-6-5-7-15(12-14)26-2)21-11-10-20-16-8-3-4-9-17(16)23(24)25;/h3-9,12,20H,10-11,13H2,1-2H3,(H2,19,21,22);1H. The van der Waals surface area contributed by atoms with Crippen LogP contribution in [-0.4, -0.2) is 38.1 Å². The average Bonchev–Trinajstić information content (AvgIpc) is 2.67. The van der Waals surface area contributed by atoms with Gasteiger partial charge in [0.25, 0.3) is 5.69 Å². The molecular weight excluding hydrogens is 461 g/mol. The smallest absolute Gasteiger partial charge is 0.292 e. The number of guanidine groups is 1. The van der Waals surface area contributed by atoms with Crippen LogP contribution in [0.5, 0.6) is 5.75 Å². The molecule has 0 saturated carbocycles. The maximum Gasteiger partial charge on any atom is 0.292 e. The summed E-state index contributed by atoms with van der Waals surface area (Å²) in [6.45, 7) is 1.68. The zero-order valence-corrected chi connectivity index (χ0v) is 17.6. The van der Waals surface area contributed by atoms with Crippen LogP contribution in [-0.2, 0) is 6.54 Å². The van der Waals surface area contributed by atoms with Crippen molar-refractivity contribution in [3.8, 4) is 5.75 Å². The molecule has 2 aromatic rings. The number of hydrogen-bond acceptors (Lipinski definition) is 5. The minimum absolute atomic E-state index is 0. The molecule has 8 nitrogen and oxygen atoms in total. The molecule has 0 bridgehead atoms. The van der Waals surface area contributed by atoms with Crippen LogP contribution < -0.4 is 20.7 Å². The first-order valence-electron chi connectivity index (χ1n) is 8.18. The van der Waals surface area contributed by atoms with Crippen LogP contribution in [0.25, 0.3) is 0 Å². The summed E-state index contributed by atoms with van der Waals surface area (Å²) >= 11 is 0. The van der Waals surface area contributed by atoms with Crippen molar-refractivity contribution in [3.63, 3.8) is 0 Å². The zero-order chi connectivity index (χ0) is 18.8. The highest BCUT2D eigenvalue weighted by Crippen LogP contribution is 2.22. The Bertz CT molecular complexity index is 770. The van der Waals surface area contributed by atoms with E-state index < -0.39 is 4.92 Å². The Labute approximate surface area is 175 Å². The molecule has 0 spiro atoms. The first-order valence-corrected chi connectivity index (χ1v) is 8.18. The van der Waals surface area contributed by atoms with E-state index in [1.165, 1.54) is 6.07 Å². The number of anilines is 1. The lowest BCUT2D eigenvalue weighted by Crippen LogP contribution is -2.39. The van der Waals surface area contributed by atoms with Crippen molar-refractivity contribution in [1.29, 1.82) is 0 Å². The van der Waals surface area contributed by atoms with Crippen molar-refractivity contribution in [1.82, 2.24) is 10.6 Å². The first-order chi connectivity index (χ1) is 12.6. The number of hydrogen-bond donors (Lipinski definition) is 3. The molecule has 9 heteroatoms. The number of aliphatic imine (C=N–C) groups is 1. The van der Waals surface area contributed by atoms with Crippen LogP contribution in [0.3, 0.4) is 0 Å². The van der Waals surface area contributed by atoms with E-state index in [-0.39, 0.29) is 29.7 Å². The van der Waals surface area contributed by atoms with Crippen LogP contribution in [0.4, 0.5) is 11.4 Å². The van der Waals surface area contributed by atoms with Gasteiger partial charge >= 0.3 is 0 Å². The number of rotatable bonds is 8. The number of benzene rings is 2. The maximum atomic E-state index is 11.0. The number of para-hydroxylation sites is 2. The van der Waals surface area contributed by atoms with E-state index in [4.69, 9.17) is 4.74 Å². The SMILES string of the molecule is CN=C(NCCNc1ccccc1[N+](=O)[O-])NCc1cccc(OC)c1.I. The molecule has 0 aromatic heterocycles. The van der Waals surface area contributed by atoms with E-state index in [1.807, 2.05) is 24.3 Å². The lowest BCUT2D eigenvalue weighted by Gasteiger charge is -2.13. The lowest BCUT2D eigenvalue weighted by atomic mass is 10.2. The van der Waals surface area contributed by atoms with Crippen molar-refractivity contribution < 1.29 is 9.66 Å². The summed E-state index contributed by atoms with van der Waals surface area (Å²) in [5.41, 5.74) is 1.64. The fraction of sp³-hybridized carbons (Fsp3) is 0.278. The number of halogens is 1. The summed E-state index contributed by atoms with van der Waals surface area (Å²) in [6, 6.07) is 14.4. The number of nitrogens with one attached hydrogen (secondary N) is 3. The molecule has 2 aromatic carbocycles. The van der Waals surface area contributed by atoms with Gasteiger partial charge in [-0.3, -0.25) is 15.1 Å². The number of methoxy groups -OCH3 is 1. The van der Waals surface area contributed by atoms with Gasteiger partial charge in [-0.25, -0.2) is 0 Å². The summed E-state index contributed by atoms with van der Waals surface area (Å²) in [4.78, 5) is 14.8. The molecule has 146 valence electrons. The molecule has 2 rings (SSSR count). The topological polar surface area (TPSA) is 101 Å². The Hall–Kier alpha value is -2.56. The molecule has 0 saturated heterocycles. The van der Waals surface area contributed by atoms with E-state index in [0.29, 0.717) is 31.3 Å². The summed E-state index contributed by atoms with van der Waals surface area (Å²) in [6.07, 6.45) is 0. The zero-order valence-electron chi connectivity index (χ0n) is 15.3. The van der Waals surface area contributed by atoms with E-state index in [1.54, 1.807) is 32.4 Å². The van der Waals surface area contributed by atoms with Crippen LogP contribution >= 0.6 is 24.0 Å². The van der Waals surface area contributed by atoms with Gasteiger partial charge in [0.05, 0.1) is 12.0 Å². The molecule has 0 fully saturated rings. The molecule has 0 amide bonds. The van der Waals surface area contributed by atoms with Crippen molar-refractivity contribution in [3.05, 3.63) is 64.2 Å². The Balaban J connectivity index is 0.00000364. The second kappa shape index (κ2) is 11.9. The normalized spacial score (nSPS) is 10.5. The number of nitro groups is 1. The minimum Gasteiger partial charge on any atom is -0.497 e. The Morgan fingerprint density at radius 1 is 1.15 bits per heavy atom. The van der Waals surface area contributed by atoms with Crippen LogP contribution in [0.1, 0.15) is 5.56 Å². The Morgan fingerprint density at radius 3 is 2.63 bits per heavy atom. The molecular formula is C18H24IN5O3. The van der Waals surface area contributed by atoms with Crippen LogP contribution in [0, 0.1) is 10.1 Å². The van der Waals surface area contributed by atoms with E-state index >= 15 is 0 Å². The average molecular weight is 485 g/mol. The number of nitro benzene ring substituents is 1.